The molecule has 26 heavy (non-hydrogen) atoms. The summed E-state index contributed by atoms with van der Waals surface area (Å²) in [5, 5.41) is 3.61. The molecular formula is C18H16BrN5O2. The van der Waals surface area contributed by atoms with Gasteiger partial charge in [-0.05, 0) is 47.0 Å². The van der Waals surface area contributed by atoms with Gasteiger partial charge in [-0.3, -0.25) is 0 Å². The van der Waals surface area contributed by atoms with Gasteiger partial charge in [0.1, 0.15) is 12.1 Å². The standard InChI is InChI=1S/C18H16BrN5O2/c19-12-8-15-16(20-10-12)21-11-22-17(15)26-14-5-3-4-13(9-14)23-18(25)24-6-1-2-7-24/h3-5,8-11H,1-2,6-7H2,(H,23,25). The summed E-state index contributed by atoms with van der Waals surface area (Å²) in [6.45, 7) is 1.60. The predicted octanol–water partition coefficient (Wildman–Crippen LogP) is 4.21. The molecule has 0 bridgehead atoms. The van der Waals surface area contributed by atoms with Crippen molar-refractivity contribution in [1.82, 2.24) is 19.9 Å². The van der Waals surface area contributed by atoms with Crippen molar-refractivity contribution in [3.05, 3.63) is 47.3 Å². The van der Waals surface area contributed by atoms with Crippen LogP contribution >= 0.6 is 15.9 Å². The summed E-state index contributed by atoms with van der Waals surface area (Å²) in [4.78, 5) is 26.6. The van der Waals surface area contributed by atoms with Crippen LogP contribution in [0.25, 0.3) is 11.0 Å². The molecule has 0 aliphatic carbocycles. The second-order valence-electron chi connectivity index (χ2n) is 5.96. The minimum absolute atomic E-state index is 0.0831. The van der Waals surface area contributed by atoms with Gasteiger partial charge in [-0.15, -0.1) is 0 Å². The van der Waals surface area contributed by atoms with Gasteiger partial charge in [-0.25, -0.2) is 19.7 Å². The Kier molecular flexibility index (Phi) is 4.66. The highest BCUT2D eigenvalue weighted by Gasteiger charge is 2.18. The summed E-state index contributed by atoms with van der Waals surface area (Å²) in [5.41, 5.74) is 1.23. The van der Waals surface area contributed by atoms with Gasteiger partial charge in [-0.2, -0.15) is 0 Å². The number of rotatable bonds is 3. The van der Waals surface area contributed by atoms with Crippen LogP contribution in [0.3, 0.4) is 0 Å². The van der Waals surface area contributed by atoms with Gasteiger partial charge in [0.2, 0.25) is 5.88 Å². The van der Waals surface area contributed by atoms with Crippen LogP contribution in [0.5, 0.6) is 11.6 Å². The summed E-state index contributed by atoms with van der Waals surface area (Å²) in [7, 11) is 0. The molecule has 1 N–H and O–H groups in total. The monoisotopic (exact) mass is 413 g/mol. The van der Waals surface area contributed by atoms with E-state index in [1.54, 1.807) is 12.3 Å². The molecule has 0 saturated carbocycles. The summed E-state index contributed by atoms with van der Waals surface area (Å²) < 4.78 is 6.73. The number of amides is 2. The molecule has 1 aliphatic rings. The Morgan fingerprint density at radius 3 is 2.85 bits per heavy atom. The van der Waals surface area contributed by atoms with Gasteiger partial charge in [0, 0.05) is 35.5 Å². The number of anilines is 1. The number of carbonyl (C=O) groups excluding carboxylic acids is 1. The van der Waals surface area contributed by atoms with Gasteiger partial charge in [0.05, 0.1) is 5.39 Å². The Bertz CT molecular complexity index is 959. The van der Waals surface area contributed by atoms with E-state index in [0.717, 1.165) is 30.4 Å². The van der Waals surface area contributed by atoms with Crippen LogP contribution in [0, 0.1) is 0 Å². The first kappa shape index (κ1) is 16.7. The fraction of sp³-hybridized carbons (Fsp3) is 0.222. The third-order valence-corrected chi connectivity index (χ3v) is 4.55. The van der Waals surface area contributed by atoms with Crippen LogP contribution in [0.1, 0.15) is 12.8 Å². The lowest BCUT2D eigenvalue weighted by atomic mass is 10.3. The van der Waals surface area contributed by atoms with E-state index in [1.165, 1.54) is 6.33 Å². The first-order chi connectivity index (χ1) is 12.7. The largest absolute Gasteiger partial charge is 0.438 e. The molecule has 0 atom stereocenters. The summed E-state index contributed by atoms with van der Waals surface area (Å²) >= 11 is 3.40. The Hall–Kier alpha value is -2.74. The molecular weight excluding hydrogens is 398 g/mol. The van der Waals surface area contributed by atoms with Crippen molar-refractivity contribution in [2.24, 2.45) is 0 Å². The van der Waals surface area contributed by atoms with Crippen LogP contribution in [-0.2, 0) is 0 Å². The van der Waals surface area contributed by atoms with Crippen LogP contribution in [-0.4, -0.2) is 39.0 Å². The smallest absolute Gasteiger partial charge is 0.321 e. The number of nitrogens with zero attached hydrogens (tertiary/aromatic N) is 4. The lowest BCUT2D eigenvalue weighted by Crippen LogP contribution is -2.32. The summed E-state index contributed by atoms with van der Waals surface area (Å²) in [5.74, 6) is 0.982. The van der Waals surface area contributed by atoms with Crippen molar-refractivity contribution in [3.63, 3.8) is 0 Å². The molecule has 132 valence electrons. The number of hydrogen-bond acceptors (Lipinski definition) is 5. The van der Waals surface area contributed by atoms with Gasteiger partial charge in [0.25, 0.3) is 0 Å². The van der Waals surface area contributed by atoms with Crippen molar-refractivity contribution in [2.75, 3.05) is 18.4 Å². The van der Waals surface area contributed by atoms with Crippen LogP contribution in [0.2, 0.25) is 0 Å². The van der Waals surface area contributed by atoms with E-state index in [1.807, 2.05) is 29.2 Å². The van der Waals surface area contributed by atoms with Crippen molar-refractivity contribution in [2.45, 2.75) is 12.8 Å². The number of likely N-dealkylation sites (tertiary alicyclic amines) is 1. The molecule has 0 radical (unpaired) electrons. The Labute approximate surface area is 158 Å². The molecule has 2 amide bonds. The van der Waals surface area contributed by atoms with E-state index in [9.17, 15) is 4.79 Å². The first-order valence-electron chi connectivity index (χ1n) is 8.29. The number of pyridine rings is 1. The zero-order chi connectivity index (χ0) is 17.9. The SMILES string of the molecule is O=C(Nc1cccc(Oc2ncnc3ncc(Br)cc23)c1)N1CCCC1. The highest BCUT2D eigenvalue weighted by atomic mass is 79.9. The second-order valence-corrected chi connectivity index (χ2v) is 6.87. The lowest BCUT2D eigenvalue weighted by Gasteiger charge is -2.16. The number of benzene rings is 1. The molecule has 1 aromatic carbocycles. The van der Waals surface area contributed by atoms with Crippen molar-refractivity contribution in [1.29, 1.82) is 0 Å². The molecule has 1 saturated heterocycles. The molecule has 8 heteroatoms. The summed E-state index contributed by atoms with van der Waals surface area (Å²) in [6, 6.07) is 9.01. The average molecular weight is 414 g/mol. The molecule has 1 fully saturated rings. The van der Waals surface area contributed by atoms with E-state index in [2.05, 4.69) is 36.2 Å². The third-order valence-electron chi connectivity index (χ3n) is 4.11. The first-order valence-corrected chi connectivity index (χ1v) is 9.08. The topological polar surface area (TPSA) is 80.2 Å². The van der Waals surface area contributed by atoms with E-state index in [-0.39, 0.29) is 6.03 Å². The van der Waals surface area contributed by atoms with Gasteiger partial charge >= 0.3 is 6.03 Å². The summed E-state index contributed by atoms with van der Waals surface area (Å²) in [6.07, 6.45) is 5.20. The van der Waals surface area contributed by atoms with Gasteiger partial charge in [0.15, 0.2) is 5.65 Å². The maximum absolute atomic E-state index is 12.2. The third kappa shape index (κ3) is 3.60. The molecule has 0 spiro atoms. The van der Waals surface area contributed by atoms with E-state index >= 15 is 0 Å². The van der Waals surface area contributed by atoms with Crippen molar-refractivity contribution in [3.8, 4) is 11.6 Å². The zero-order valence-corrected chi connectivity index (χ0v) is 15.4. The number of fused-ring (bicyclic) bond motifs is 1. The Morgan fingerprint density at radius 2 is 2.00 bits per heavy atom. The number of carbonyl (C=O) groups is 1. The molecule has 3 aromatic rings. The van der Waals surface area contributed by atoms with Crippen molar-refractivity contribution < 1.29 is 9.53 Å². The number of hydrogen-bond donors (Lipinski definition) is 1. The maximum Gasteiger partial charge on any atom is 0.321 e. The molecule has 2 aromatic heterocycles. The van der Waals surface area contributed by atoms with E-state index in [0.29, 0.717) is 28.4 Å². The van der Waals surface area contributed by atoms with Crippen LogP contribution in [0.4, 0.5) is 10.5 Å². The highest BCUT2D eigenvalue weighted by Crippen LogP contribution is 2.29. The minimum atomic E-state index is -0.0831. The maximum atomic E-state index is 12.2. The zero-order valence-electron chi connectivity index (χ0n) is 13.9. The Balaban J connectivity index is 1.56. The fourth-order valence-corrected chi connectivity index (χ4v) is 3.18. The molecule has 1 aliphatic heterocycles. The van der Waals surface area contributed by atoms with Gasteiger partial charge < -0.3 is 15.0 Å². The van der Waals surface area contributed by atoms with Crippen LogP contribution < -0.4 is 10.1 Å². The number of nitrogens with one attached hydrogen (secondary N) is 1. The predicted molar refractivity (Wildman–Crippen MR) is 101 cm³/mol. The fourth-order valence-electron chi connectivity index (χ4n) is 2.85. The molecule has 3 heterocycles. The van der Waals surface area contributed by atoms with E-state index < -0.39 is 0 Å². The quantitative estimate of drug-likeness (QED) is 0.695. The molecule has 0 unspecified atom stereocenters. The number of halogens is 1. The van der Waals surface area contributed by atoms with Gasteiger partial charge in [-0.1, -0.05) is 6.07 Å². The Morgan fingerprint density at radius 1 is 1.15 bits per heavy atom. The highest BCUT2D eigenvalue weighted by molar-refractivity contribution is 9.10. The van der Waals surface area contributed by atoms with Crippen LogP contribution in [0.15, 0.2) is 47.3 Å². The van der Waals surface area contributed by atoms with Crippen molar-refractivity contribution >= 4 is 38.7 Å². The normalized spacial score (nSPS) is 13.8. The number of ether oxygens (including phenoxy) is 1. The van der Waals surface area contributed by atoms with E-state index in [4.69, 9.17) is 4.74 Å². The number of aromatic nitrogens is 3. The number of urea groups is 1. The average Bonchev–Trinajstić information content (AvgIpc) is 3.17. The molecule has 7 nitrogen and oxygen atoms in total. The minimum Gasteiger partial charge on any atom is -0.438 e. The lowest BCUT2D eigenvalue weighted by molar-refractivity contribution is 0.222. The second kappa shape index (κ2) is 7.25. The molecule has 4 rings (SSSR count).